The highest BCUT2D eigenvalue weighted by Gasteiger charge is 2.27. The number of hydrogen-bond donors (Lipinski definition) is 0. The minimum atomic E-state index is -0.945. The van der Waals surface area contributed by atoms with Gasteiger partial charge in [-0.15, -0.1) is 0 Å². The quantitative estimate of drug-likeness (QED) is 0.299. The first-order valence-electron chi connectivity index (χ1n) is 6.19. The lowest BCUT2D eigenvalue weighted by Gasteiger charge is -2.12. The van der Waals surface area contributed by atoms with Crippen molar-refractivity contribution in [1.82, 2.24) is 0 Å². The first kappa shape index (κ1) is 17.2. The van der Waals surface area contributed by atoms with Gasteiger partial charge in [0.05, 0.1) is 13.2 Å². The fourth-order valence-electron chi connectivity index (χ4n) is 1.43. The monoisotopic (exact) mass is 320 g/mol. The van der Waals surface area contributed by atoms with Crippen molar-refractivity contribution in [2.45, 2.75) is 33.6 Å². The summed E-state index contributed by atoms with van der Waals surface area (Å²) >= 11 is 3.34. The van der Waals surface area contributed by atoms with Crippen LogP contribution in [0.1, 0.15) is 33.6 Å². The minimum Gasteiger partial charge on any atom is -0.465 e. The van der Waals surface area contributed by atoms with Crippen molar-refractivity contribution < 1.29 is 19.1 Å². The highest BCUT2D eigenvalue weighted by molar-refractivity contribution is 9.09. The first-order valence-corrected chi connectivity index (χ1v) is 7.31. The lowest BCUT2D eigenvalue weighted by molar-refractivity contribution is -0.158. The van der Waals surface area contributed by atoms with Crippen LogP contribution in [0.4, 0.5) is 0 Å². The molecule has 18 heavy (non-hydrogen) atoms. The van der Waals surface area contributed by atoms with Crippen LogP contribution in [0.3, 0.4) is 0 Å². The van der Waals surface area contributed by atoms with Crippen LogP contribution in [0.2, 0.25) is 0 Å². The standard InChI is InChI=1S/C13H21BrO4/c1-4-10(7-8-14)9-11(12(15)17-5-2)13(16)18-6-3/h9,11H,4-8H2,1-3H3. The maximum atomic E-state index is 11.7. The van der Waals surface area contributed by atoms with Gasteiger partial charge in [-0.1, -0.05) is 34.5 Å². The fourth-order valence-corrected chi connectivity index (χ4v) is 1.94. The van der Waals surface area contributed by atoms with Crippen LogP contribution in [0.15, 0.2) is 11.6 Å². The number of halogens is 1. The number of carbonyl (C=O) groups excluding carboxylic acids is 2. The number of alkyl halides is 1. The second-order valence-corrected chi connectivity index (χ2v) is 4.39. The summed E-state index contributed by atoms with van der Waals surface area (Å²) in [5.41, 5.74) is 1.04. The fraction of sp³-hybridized carbons (Fsp3) is 0.692. The van der Waals surface area contributed by atoms with E-state index < -0.39 is 17.9 Å². The SMILES string of the molecule is CCOC(=O)C(C=C(CC)CCBr)C(=O)OCC. The maximum absolute atomic E-state index is 11.7. The molecular weight excluding hydrogens is 300 g/mol. The van der Waals surface area contributed by atoms with Crippen molar-refractivity contribution in [2.24, 2.45) is 5.92 Å². The molecule has 0 saturated carbocycles. The zero-order valence-electron chi connectivity index (χ0n) is 11.2. The van der Waals surface area contributed by atoms with E-state index in [1.807, 2.05) is 6.92 Å². The van der Waals surface area contributed by atoms with Gasteiger partial charge >= 0.3 is 11.9 Å². The molecule has 4 nitrogen and oxygen atoms in total. The van der Waals surface area contributed by atoms with E-state index in [0.717, 1.165) is 23.7 Å². The Bertz CT molecular complexity index is 281. The Morgan fingerprint density at radius 3 is 1.94 bits per heavy atom. The van der Waals surface area contributed by atoms with Crippen LogP contribution in [0, 0.1) is 5.92 Å². The van der Waals surface area contributed by atoms with Crippen LogP contribution in [0.25, 0.3) is 0 Å². The lowest BCUT2D eigenvalue weighted by atomic mass is 10.0. The average molecular weight is 321 g/mol. The van der Waals surface area contributed by atoms with Gasteiger partial charge < -0.3 is 9.47 Å². The van der Waals surface area contributed by atoms with Gasteiger partial charge in [-0.3, -0.25) is 9.59 Å². The predicted octanol–water partition coefficient (Wildman–Crippen LogP) is 2.85. The third-order valence-corrected chi connectivity index (χ3v) is 2.75. The molecule has 0 aliphatic carbocycles. The molecule has 0 aromatic heterocycles. The summed E-state index contributed by atoms with van der Waals surface area (Å²) in [7, 11) is 0. The van der Waals surface area contributed by atoms with E-state index in [2.05, 4.69) is 15.9 Å². The van der Waals surface area contributed by atoms with Gasteiger partial charge in [0.25, 0.3) is 0 Å². The van der Waals surface area contributed by atoms with Gasteiger partial charge in [-0.05, 0) is 26.7 Å². The number of ether oxygens (including phenoxy) is 2. The summed E-state index contributed by atoms with van der Waals surface area (Å²) in [6.07, 6.45) is 3.25. The van der Waals surface area contributed by atoms with Crippen LogP contribution in [-0.2, 0) is 19.1 Å². The van der Waals surface area contributed by atoms with Crippen LogP contribution < -0.4 is 0 Å². The van der Waals surface area contributed by atoms with Crippen LogP contribution in [0.5, 0.6) is 0 Å². The largest absolute Gasteiger partial charge is 0.465 e. The van der Waals surface area contributed by atoms with E-state index in [0.29, 0.717) is 0 Å². The number of allylic oxidation sites excluding steroid dienone is 1. The lowest BCUT2D eigenvalue weighted by Crippen LogP contribution is -2.27. The molecule has 0 spiro atoms. The summed E-state index contributed by atoms with van der Waals surface area (Å²) in [6, 6.07) is 0. The Labute approximate surface area is 117 Å². The molecule has 104 valence electrons. The second-order valence-electron chi connectivity index (χ2n) is 3.60. The Hall–Kier alpha value is -0.840. The Balaban J connectivity index is 4.95. The molecule has 0 aliphatic rings. The highest BCUT2D eigenvalue weighted by atomic mass is 79.9. The third-order valence-electron chi connectivity index (χ3n) is 2.35. The van der Waals surface area contributed by atoms with E-state index in [1.54, 1.807) is 19.9 Å². The molecule has 0 saturated heterocycles. The highest BCUT2D eigenvalue weighted by Crippen LogP contribution is 2.15. The van der Waals surface area contributed by atoms with Gasteiger partial charge in [0.2, 0.25) is 0 Å². The van der Waals surface area contributed by atoms with Crippen molar-refractivity contribution in [3.63, 3.8) is 0 Å². The van der Waals surface area contributed by atoms with Crippen molar-refractivity contribution in [2.75, 3.05) is 18.5 Å². The molecule has 5 heteroatoms. The molecule has 0 N–H and O–H groups in total. The van der Waals surface area contributed by atoms with Gasteiger partial charge in [0.1, 0.15) is 0 Å². The smallest absolute Gasteiger partial charge is 0.324 e. The second kappa shape index (κ2) is 10.1. The van der Waals surface area contributed by atoms with Crippen molar-refractivity contribution in [3.05, 3.63) is 11.6 Å². The van der Waals surface area contributed by atoms with E-state index >= 15 is 0 Å². The first-order chi connectivity index (χ1) is 8.60. The van der Waals surface area contributed by atoms with Gasteiger partial charge in [0.15, 0.2) is 5.92 Å². The number of hydrogen-bond acceptors (Lipinski definition) is 4. The summed E-state index contributed by atoms with van der Waals surface area (Å²) in [5.74, 6) is -2.04. The molecule has 0 aliphatic heterocycles. The minimum absolute atomic E-state index is 0.252. The van der Waals surface area contributed by atoms with E-state index in [1.165, 1.54) is 0 Å². The molecule has 0 radical (unpaired) electrons. The maximum Gasteiger partial charge on any atom is 0.324 e. The van der Waals surface area contributed by atoms with Gasteiger partial charge in [0, 0.05) is 5.33 Å². The zero-order valence-corrected chi connectivity index (χ0v) is 12.8. The van der Waals surface area contributed by atoms with Crippen molar-refractivity contribution >= 4 is 27.9 Å². The van der Waals surface area contributed by atoms with Crippen molar-refractivity contribution in [3.8, 4) is 0 Å². The number of rotatable bonds is 8. The third kappa shape index (κ3) is 6.19. The van der Waals surface area contributed by atoms with E-state index in [4.69, 9.17) is 9.47 Å². The number of esters is 2. The predicted molar refractivity (Wildman–Crippen MR) is 73.5 cm³/mol. The molecule has 0 aromatic carbocycles. The Kier molecular flexibility index (Phi) is 9.64. The van der Waals surface area contributed by atoms with Crippen LogP contribution in [-0.4, -0.2) is 30.5 Å². The molecule has 0 unspecified atom stereocenters. The normalized spacial score (nSPS) is 11.5. The van der Waals surface area contributed by atoms with Crippen molar-refractivity contribution in [1.29, 1.82) is 0 Å². The molecule has 0 bridgehead atoms. The Morgan fingerprint density at radius 1 is 1.11 bits per heavy atom. The molecule has 0 rings (SSSR count). The molecule has 0 atom stereocenters. The average Bonchev–Trinajstić information content (AvgIpc) is 2.34. The molecule has 0 aromatic rings. The molecule has 0 amide bonds. The summed E-state index contributed by atoms with van der Waals surface area (Å²) in [5, 5.41) is 0.797. The zero-order chi connectivity index (χ0) is 14.0. The summed E-state index contributed by atoms with van der Waals surface area (Å²) in [6.45, 7) is 5.92. The van der Waals surface area contributed by atoms with Gasteiger partial charge in [-0.25, -0.2) is 0 Å². The topological polar surface area (TPSA) is 52.6 Å². The van der Waals surface area contributed by atoms with E-state index in [9.17, 15) is 9.59 Å². The molecule has 0 heterocycles. The van der Waals surface area contributed by atoms with E-state index in [-0.39, 0.29) is 13.2 Å². The summed E-state index contributed by atoms with van der Waals surface area (Å²) in [4.78, 5) is 23.5. The summed E-state index contributed by atoms with van der Waals surface area (Å²) < 4.78 is 9.80. The van der Waals surface area contributed by atoms with Gasteiger partial charge in [-0.2, -0.15) is 0 Å². The molecule has 0 fully saturated rings. The molecular formula is C13H21BrO4. The van der Waals surface area contributed by atoms with Crippen LogP contribution >= 0.6 is 15.9 Å². The number of carbonyl (C=O) groups is 2. The Morgan fingerprint density at radius 2 is 1.61 bits per heavy atom.